The van der Waals surface area contributed by atoms with Gasteiger partial charge >= 0.3 is 23.9 Å². The van der Waals surface area contributed by atoms with E-state index in [-0.39, 0.29) is 25.9 Å². The Morgan fingerprint density at radius 2 is 0.887 bits per heavy atom. The summed E-state index contributed by atoms with van der Waals surface area (Å²) in [5.74, 6) is -3.15. The molecule has 71 heavy (non-hydrogen) atoms. The molecule has 1 aliphatic heterocycles. The van der Waals surface area contributed by atoms with Crippen LogP contribution in [0.5, 0.6) is 0 Å². The number of carbonyl (C=O) groups is 4. The number of hydrogen-bond acceptors (Lipinski definition) is 11. The summed E-state index contributed by atoms with van der Waals surface area (Å²) in [5.41, 5.74) is 0. The number of carboxylic acids is 1. The number of allylic oxidation sites excluding steroid dienone is 8. The van der Waals surface area contributed by atoms with Crippen LogP contribution in [0.15, 0.2) is 48.6 Å². The fraction of sp³-hybridized carbons (Fsp3) is 0.797. The number of aliphatic carboxylic acids is 1. The third-order valence-corrected chi connectivity index (χ3v) is 12.8. The molecule has 12 heteroatoms. The molecular formula is C59H102O12. The van der Waals surface area contributed by atoms with Crippen molar-refractivity contribution in [2.45, 2.75) is 289 Å². The number of esters is 3. The minimum Gasteiger partial charge on any atom is -0.479 e. The first-order valence-electron chi connectivity index (χ1n) is 28.6. The standard InChI is InChI=1S/C59H102O12/c1-4-7-10-13-16-19-22-24-25-26-27-29-31-33-36-39-42-45-51(60)67-48-50(69-52(61)46-43-40-37-35-32-28-23-20-17-14-11-8-5-2)49-68-59-57(55(64)54(63)56(71-59)58(65)66)70-53(62)47-44-41-38-34-30-21-18-15-12-9-6-3/h11,14-15,18,20,23-25,50,54-57,59,63-64H,4-10,12-13,16-17,19,21-22,26-49H2,1-3H3,(H,65,66)/b14-11-,18-15-,23-20-,25-24-. The highest BCUT2D eigenvalue weighted by atomic mass is 16.7. The van der Waals surface area contributed by atoms with Crippen molar-refractivity contribution in [3.8, 4) is 0 Å². The van der Waals surface area contributed by atoms with E-state index in [2.05, 4.69) is 69.4 Å². The van der Waals surface area contributed by atoms with Crippen LogP contribution in [-0.2, 0) is 42.9 Å². The van der Waals surface area contributed by atoms with Crippen LogP contribution in [0.4, 0.5) is 0 Å². The zero-order valence-corrected chi connectivity index (χ0v) is 45.0. The van der Waals surface area contributed by atoms with Crippen molar-refractivity contribution in [1.29, 1.82) is 0 Å². The maximum absolute atomic E-state index is 13.1. The van der Waals surface area contributed by atoms with E-state index in [1.807, 2.05) is 0 Å². The van der Waals surface area contributed by atoms with E-state index in [4.69, 9.17) is 23.7 Å². The molecule has 0 saturated carbocycles. The van der Waals surface area contributed by atoms with Crippen molar-refractivity contribution in [1.82, 2.24) is 0 Å². The van der Waals surface area contributed by atoms with Gasteiger partial charge in [0.05, 0.1) is 6.61 Å². The number of carboxylic acid groups (broad SMARTS) is 1. The normalized spacial score (nSPS) is 18.8. The molecule has 0 bridgehead atoms. The van der Waals surface area contributed by atoms with Gasteiger partial charge in [0.15, 0.2) is 24.6 Å². The average molecular weight is 1000 g/mol. The van der Waals surface area contributed by atoms with Crippen LogP contribution < -0.4 is 0 Å². The molecule has 3 N–H and O–H groups in total. The zero-order valence-electron chi connectivity index (χ0n) is 45.0. The molecule has 0 spiro atoms. The molecule has 1 heterocycles. The highest BCUT2D eigenvalue weighted by Crippen LogP contribution is 2.26. The van der Waals surface area contributed by atoms with E-state index >= 15 is 0 Å². The van der Waals surface area contributed by atoms with Gasteiger partial charge in [-0.1, -0.05) is 191 Å². The monoisotopic (exact) mass is 1000 g/mol. The van der Waals surface area contributed by atoms with E-state index in [1.165, 1.54) is 77.0 Å². The van der Waals surface area contributed by atoms with Crippen LogP contribution in [-0.4, -0.2) is 89.2 Å². The van der Waals surface area contributed by atoms with Gasteiger partial charge in [0.1, 0.15) is 18.8 Å². The topological polar surface area (TPSA) is 175 Å². The summed E-state index contributed by atoms with van der Waals surface area (Å²) in [6, 6.07) is 0. The van der Waals surface area contributed by atoms with Gasteiger partial charge in [-0.05, 0) is 89.9 Å². The molecule has 0 aliphatic carbocycles. The van der Waals surface area contributed by atoms with E-state index in [9.17, 15) is 34.5 Å². The fourth-order valence-electron chi connectivity index (χ4n) is 8.38. The molecular weight excluding hydrogens is 901 g/mol. The molecule has 410 valence electrons. The largest absolute Gasteiger partial charge is 0.479 e. The lowest BCUT2D eigenvalue weighted by atomic mass is 9.98. The Kier molecular flexibility index (Phi) is 44.1. The molecule has 6 atom stereocenters. The third-order valence-electron chi connectivity index (χ3n) is 12.8. The second-order valence-electron chi connectivity index (χ2n) is 19.6. The lowest BCUT2D eigenvalue weighted by Crippen LogP contribution is -2.61. The van der Waals surface area contributed by atoms with Gasteiger partial charge in [-0.2, -0.15) is 0 Å². The minimum absolute atomic E-state index is 0.0484. The van der Waals surface area contributed by atoms with E-state index in [0.717, 1.165) is 116 Å². The summed E-state index contributed by atoms with van der Waals surface area (Å²) in [4.78, 5) is 51.0. The Morgan fingerprint density at radius 3 is 1.38 bits per heavy atom. The summed E-state index contributed by atoms with van der Waals surface area (Å²) >= 11 is 0. The van der Waals surface area contributed by atoms with Crippen molar-refractivity contribution in [3.05, 3.63) is 48.6 Å². The average Bonchev–Trinajstić information content (AvgIpc) is 3.35. The molecule has 0 aromatic heterocycles. The first kappa shape index (κ1) is 65.7. The SMILES string of the molecule is CCC/C=C\C/C=C\CCCCCCCC(=O)OC(COC(=O)CCCCCCCCC/C=C\CCCCCCCC)COC1OC(C(=O)O)C(O)C(O)C1OC(=O)CCCCCCC/C=C\CCCC. The molecule has 0 aromatic rings. The predicted molar refractivity (Wildman–Crippen MR) is 285 cm³/mol. The maximum Gasteiger partial charge on any atom is 0.335 e. The number of hydrogen-bond donors (Lipinski definition) is 3. The predicted octanol–water partition coefficient (Wildman–Crippen LogP) is 14.2. The van der Waals surface area contributed by atoms with Crippen LogP contribution in [0, 0.1) is 0 Å². The van der Waals surface area contributed by atoms with E-state index in [0.29, 0.717) is 19.3 Å². The second-order valence-corrected chi connectivity index (χ2v) is 19.6. The van der Waals surface area contributed by atoms with E-state index in [1.54, 1.807) is 0 Å². The molecule has 0 aromatic carbocycles. The van der Waals surface area contributed by atoms with Crippen LogP contribution in [0.3, 0.4) is 0 Å². The second kappa shape index (κ2) is 47.7. The number of unbranched alkanes of at least 4 members (excludes halogenated alkanes) is 26. The van der Waals surface area contributed by atoms with Gasteiger partial charge in [-0.15, -0.1) is 0 Å². The Balaban J connectivity index is 2.70. The van der Waals surface area contributed by atoms with Crippen molar-refractivity contribution in [2.75, 3.05) is 13.2 Å². The van der Waals surface area contributed by atoms with Crippen LogP contribution in [0.2, 0.25) is 0 Å². The number of aliphatic hydroxyl groups excluding tert-OH is 2. The van der Waals surface area contributed by atoms with Gasteiger partial charge in [0.25, 0.3) is 0 Å². The maximum atomic E-state index is 13.1. The summed E-state index contributed by atoms with van der Waals surface area (Å²) in [5, 5.41) is 31.4. The van der Waals surface area contributed by atoms with Crippen molar-refractivity contribution in [2.24, 2.45) is 0 Å². The Bertz CT molecular complexity index is 1420. The molecule has 1 saturated heterocycles. The molecule has 1 aliphatic rings. The van der Waals surface area contributed by atoms with Gasteiger partial charge < -0.3 is 39.0 Å². The smallest absolute Gasteiger partial charge is 0.335 e. The Morgan fingerprint density at radius 1 is 0.465 bits per heavy atom. The summed E-state index contributed by atoms with van der Waals surface area (Å²) in [7, 11) is 0. The van der Waals surface area contributed by atoms with Crippen LogP contribution >= 0.6 is 0 Å². The highest BCUT2D eigenvalue weighted by Gasteiger charge is 2.50. The number of rotatable bonds is 48. The molecule has 0 radical (unpaired) electrons. The third kappa shape index (κ3) is 38.0. The number of carbonyl (C=O) groups excluding carboxylic acids is 3. The van der Waals surface area contributed by atoms with Crippen molar-refractivity contribution < 1.29 is 58.2 Å². The van der Waals surface area contributed by atoms with Crippen LogP contribution in [0.1, 0.15) is 252 Å². The zero-order chi connectivity index (χ0) is 51.8. The molecule has 12 nitrogen and oxygen atoms in total. The Hall–Kier alpha value is -3.32. The summed E-state index contributed by atoms with van der Waals surface area (Å²) < 4.78 is 28.3. The van der Waals surface area contributed by atoms with Gasteiger partial charge in [0.2, 0.25) is 0 Å². The number of ether oxygens (including phenoxy) is 5. The van der Waals surface area contributed by atoms with Crippen molar-refractivity contribution in [3.63, 3.8) is 0 Å². The van der Waals surface area contributed by atoms with Gasteiger partial charge in [-0.3, -0.25) is 14.4 Å². The van der Waals surface area contributed by atoms with E-state index < -0.39 is 67.3 Å². The lowest BCUT2D eigenvalue weighted by Gasteiger charge is -2.40. The van der Waals surface area contributed by atoms with Crippen molar-refractivity contribution >= 4 is 23.9 Å². The Labute approximate surface area is 431 Å². The van der Waals surface area contributed by atoms with Crippen LogP contribution in [0.25, 0.3) is 0 Å². The van der Waals surface area contributed by atoms with Gasteiger partial charge in [0, 0.05) is 19.3 Å². The highest BCUT2D eigenvalue weighted by molar-refractivity contribution is 5.74. The molecule has 1 fully saturated rings. The lowest BCUT2D eigenvalue weighted by molar-refractivity contribution is -0.301. The summed E-state index contributed by atoms with van der Waals surface area (Å²) in [6.07, 6.45) is 43.8. The number of aliphatic hydroxyl groups is 2. The first-order valence-corrected chi connectivity index (χ1v) is 28.6. The quantitative estimate of drug-likeness (QED) is 0.0228. The summed E-state index contributed by atoms with van der Waals surface area (Å²) in [6.45, 7) is 5.86. The molecule has 0 amide bonds. The fourth-order valence-corrected chi connectivity index (χ4v) is 8.38. The molecule has 6 unspecified atom stereocenters. The first-order chi connectivity index (χ1) is 34.6. The minimum atomic E-state index is -1.91. The van der Waals surface area contributed by atoms with Gasteiger partial charge in [-0.25, -0.2) is 4.79 Å². The molecule has 1 rings (SSSR count).